The number of halogens is 1. The minimum absolute atomic E-state index is 0.126. The fraction of sp³-hybridized carbons (Fsp3) is 0.158. The summed E-state index contributed by atoms with van der Waals surface area (Å²) in [5, 5.41) is 8.19. The highest BCUT2D eigenvalue weighted by atomic mass is 35.5. The lowest BCUT2D eigenvalue weighted by Gasteiger charge is -2.03. The van der Waals surface area contributed by atoms with Gasteiger partial charge in [0.05, 0.1) is 16.8 Å². The van der Waals surface area contributed by atoms with Crippen LogP contribution < -0.4 is 5.32 Å². The predicted octanol–water partition coefficient (Wildman–Crippen LogP) is 4.46. The van der Waals surface area contributed by atoms with Gasteiger partial charge in [-0.2, -0.15) is 4.98 Å². The molecule has 2 heterocycles. The zero-order chi connectivity index (χ0) is 19.3. The Morgan fingerprint density at radius 3 is 2.79 bits per heavy atom. The van der Waals surface area contributed by atoms with Gasteiger partial charge in [0.1, 0.15) is 0 Å². The van der Waals surface area contributed by atoms with E-state index in [0.29, 0.717) is 34.6 Å². The molecule has 142 valence electrons. The van der Waals surface area contributed by atoms with Gasteiger partial charge in [0.15, 0.2) is 11.0 Å². The summed E-state index contributed by atoms with van der Waals surface area (Å²) in [7, 11) is 0. The quantitative estimate of drug-likeness (QED) is 0.434. The van der Waals surface area contributed by atoms with E-state index in [9.17, 15) is 4.79 Å². The molecular formula is C19H16ClN5O2S. The number of carbonyl (C=O) groups is 1. The van der Waals surface area contributed by atoms with Crippen molar-refractivity contribution in [1.82, 2.24) is 20.1 Å². The van der Waals surface area contributed by atoms with Crippen LogP contribution in [0, 0.1) is 0 Å². The molecule has 0 atom stereocenters. The van der Waals surface area contributed by atoms with Crippen LogP contribution in [0.1, 0.15) is 18.1 Å². The third-order valence-corrected chi connectivity index (χ3v) is 5.03. The molecule has 4 rings (SSSR count). The molecule has 1 amide bonds. The van der Waals surface area contributed by atoms with Crippen LogP contribution in [-0.4, -0.2) is 26.0 Å². The number of nitrogens with zero attached hydrogens (tertiary/aromatic N) is 3. The third-order valence-electron chi connectivity index (χ3n) is 3.91. The van der Waals surface area contributed by atoms with E-state index >= 15 is 0 Å². The van der Waals surface area contributed by atoms with Gasteiger partial charge in [-0.3, -0.25) is 4.79 Å². The van der Waals surface area contributed by atoms with Crippen LogP contribution in [0.5, 0.6) is 0 Å². The number of H-pyrrole nitrogens is 1. The molecule has 0 saturated carbocycles. The molecule has 2 aromatic carbocycles. The second-order valence-electron chi connectivity index (χ2n) is 6.01. The van der Waals surface area contributed by atoms with E-state index in [4.69, 9.17) is 16.1 Å². The van der Waals surface area contributed by atoms with Gasteiger partial charge in [0, 0.05) is 23.6 Å². The molecule has 28 heavy (non-hydrogen) atoms. The van der Waals surface area contributed by atoms with Gasteiger partial charge >= 0.3 is 0 Å². The van der Waals surface area contributed by atoms with Crippen LogP contribution >= 0.6 is 23.4 Å². The van der Waals surface area contributed by atoms with Crippen LogP contribution in [-0.2, 0) is 17.0 Å². The Kier molecular flexibility index (Phi) is 5.59. The summed E-state index contributed by atoms with van der Waals surface area (Å²) in [6.07, 6.45) is 0.628. The van der Waals surface area contributed by atoms with Crippen molar-refractivity contribution >= 4 is 46.0 Å². The molecule has 0 aliphatic rings. The number of aromatic amines is 1. The zero-order valence-electron chi connectivity index (χ0n) is 14.7. The number of carbonyl (C=O) groups excluding carboxylic acids is 1. The van der Waals surface area contributed by atoms with Gasteiger partial charge < -0.3 is 14.8 Å². The molecule has 9 heteroatoms. The molecular weight excluding hydrogens is 398 g/mol. The number of rotatable bonds is 7. The molecule has 0 spiro atoms. The average Bonchev–Trinajstić information content (AvgIpc) is 3.33. The maximum atomic E-state index is 12.0. The van der Waals surface area contributed by atoms with Gasteiger partial charge in [0.2, 0.25) is 11.8 Å². The van der Waals surface area contributed by atoms with Gasteiger partial charge in [-0.05, 0) is 36.4 Å². The number of para-hydroxylation sites is 2. The molecule has 0 aliphatic carbocycles. The summed E-state index contributed by atoms with van der Waals surface area (Å²) in [6, 6.07) is 14.8. The Labute approximate surface area is 169 Å². The Hall–Kier alpha value is -2.84. The second kappa shape index (κ2) is 8.45. The van der Waals surface area contributed by atoms with E-state index in [-0.39, 0.29) is 12.3 Å². The highest BCUT2D eigenvalue weighted by Crippen LogP contribution is 2.22. The molecule has 0 radical (unpaired) electrons. The standard InChI is InChI=1S/C19H16ClN5O2S/c20-12-5-7-13(8-6-12)21-17(26)9-10-18-24-16(25-27-18)11-28-19-22-14-3-1-2-4-15(14)23-19/h1-8H,9-11H2,(H,21,26)(H,22,23). The number of benzene rings is 2. The lowest BCUT2D eigenvalue weighted by Crippen LogP contribution is -2.12. The van der Waals surface area contributed by atoms with Gasteiger partial charge in [-0.15, -0.1) is 0 Å². The summed E-state index contributed by atoms with van der Waals surface area (Å²) in [4.78, 5) is 24.1. The maximum Gasteiger partial charge on any atom is 0.227 e. The summed E-state index contributed by atoms with van der Waals surface area (Å²) in [5.41, 5.74) is 2.61. The van der Waals surface area contributed by atoms with Crippen LogP contribution in [0.4, 0.5) is 5.69 Å². The highest BCUT2D eigenvalue weighted by molar-refractivity contribution is 7.98. The normalized spacial score (nSPS) is 11.0. The minimum Gasteiger partial charge on any atom is -0.339 e. The number of hydrogen-bond acceptors (Lipinski definition) is 6. The van der Waals surface area contributed by atoms with E-state index < -0.39 is 0 Å². The van der Waals surface area contributed by atoms with E-state index in [1.165, 1.54) is 11.8 Å². The van der Waals surface area contributed by atoms with E-state index in [1.807, 2.05) is 24.3 Å². The maximum absolute atomic E-state index is 12.0. The molecule has 4 aromatic rings. The Balaban J connectivity index is 1.26. The fourth-order valence-corrected chi connectivity index (χ4v) is 3.41. The molecule has 0 unspecified atom stereocenters. The Bertz CT molecular complexity index is 1060. The lowest BCUT2D eigenvalue weighted by atomic mass is 10.2. The minimum atomic E-state index is -0.126. The van der Waals surface area contributed by atoms with Gasteiger partial charge in [-0.1, -0.05) is 40.7 Å². The predicted molar refractivity (Wildman–Crippen MR) is 108 cm³/mol. The van der Waals surface area contributed by atoms with Gasteiger partial charge in [0.25, 0.3) is 0 Å². The summed E-state index contributed by atoms with van der Waals surface area (Å²) in [5.74, 6) is 1.41. The molecule has 2 N–H and O–H groups in total. The molecule has 2 aromatic heterocycles. The van der Waals surface area contributed by atoms with Crippen molar-refractivity contribution in [2.45, 2.75) is 23.8 Å². The van der Waals surface area contributed by atoms with Gasteiger partial charge in [-0.25, -0.2) is 4.98 Å². The van der Waals surface area contributed by atoms with Crippen molar-refractivity contribution < 1.29 is 9.32 Å². The first-order valence-corrected chi connectivity index (χ1v) is 9.96. The molecule has 0 saturated heterocycles. The van der Waals surface area contributed by atoms with E-state index in [0.717, 1.165) is 16.2 Å². The van der Waals surface area contributed by atoms with Crippen molar-refractivity contribution in [3.8, 4) is 0 Å². The monoisotopic (exact) mass is 413 g/mol. The largest absolute Gasteiger partial charge is 0.339 e. The molecule has 0 bridgehead atoms. The highest BCUT2D eigenvalue weighted by Gasteiger charge is 2.11. The first kappa shape index (κ1) is 18.5. The smallest absolute Gasteiger partial charge is 0.227 e. The number of aromatic nitrogens is 4. The number of amides is 1. The van der Waals surface area contributed by atoms with Crippen molar-refractivity contribution in [2.75, 3.05) is 5.32 Å². The van der Waals surface area contributed by atoms with Crippen LogP contribution in [0.3, 0.4) is 0 Å². The zero-order valence-corrected chi connectivity index (χ0v) is 16.3. The van der Waals surface area contributed by atoms with Crippen molar-refractivity contribution in [3.63, 3.8) is 0 Å². The first-order valence-electron chi connectivity index (χ1n) is 8.60. The summed E-state index contributed by atoms with van der Waals surface area (Å²) < 4.78 is 5.23. The number of anilines is 1. The van der Waals surface area contributed by atoms with Crippen molar-refractivity contribution in [2.24, 2.45) is 0 Å². The number of aryl methyl sites for hydroxylation is 1. The number of thioether (sulfide) groups is 1. The topological polar surface area (TPSA) is 96.7 Å². The lowest BCUT2D eigenvalue weighted by molar-refractivity contribution is -0.116. The average molecular weight is 414 g/mol. The van der Waals surface area contributed by atoms with E-state index in [2.05, 4.69) is 25.4 Å². The van der Waals surface area contributed by atoms with E-state index in [1.54, 1.807) is 24.3 Å². The molecule has 0 fully saturated rings. The number of hydrogen-bond donors (Lipinski definition) is 2. The van der Waals surface area contributed by atoms with Crippen LogP contribution in [0.2, 0.25) is 5.02 Å². The molecule has 7 nitrogen and oxygen atoms in total. The Morgan fingerprint density at radius 1 is 1.14 bits per heavy atom. The van der Waals surface area contributed by atoms with Crippen LogP contribution in [0.15, 0.2) is 58.2 Å². The van der Waals surface area contributed by atoms with Crippen molar-refractivity contribution in [3.05, 3.63) is 65.3 Å². The number of nitrogens with one attached hydrogen (secondary N) is 2. The summed E-state index contributed by atoms with van der Waals surface area (Å²) >= 11 is 7.33. The second-order valence-corrected chi connectivity index (χ2v) is 7.41. The Morgan fingerprint density at radius 2 is 1.96 bits per heavy atom. The third kappa shape index (κ3) is 4.71. The van der Waals surface area contributed by atoms with Crippen LogP contribution in [0.25, 0.3) is 11.0 Å². The molecule has 0 aliphatic heterocycles. The summed E-state index contributed by atoms with van der Waals surface area (Å²) in [6.45, 7) is 0. The SMILES string of the molecule is O=C(CCc1nc(CSc2nc3ccccc3[nH]2)no1)Nc1ccc(Cl)cc1. The van der Waals surface area contributed by atoms with Crippen molar-refractivity contribution in [1.29, 1.82) is 0 Å². The first-order chi connectivity index (χ1) is 13.7. The number of fused-ring (bicyclic) bond motifs is 1. The number of imidazole rings is 1. The fourth-order valence-electron chi connectivity index (χ4n) is 2.56.